The highest BCUT2D eigenvalue weighted by Crippen LogP contribution is 2.20. The number of hydrogen-bond donors (Lipinski definition) is 0. The monoisotopic (exact) mass is 392 g/mol. The van der Waals surface area contributed by atoms with Gasteiger partial charge in [0, 0.05) is 19.8 Å². The van der Waals surface area contributed by atoms with E-state index in [1.54, 1.807) is 0 Å². The predicted molar refractivity (Wildman–Crippen MR) is 101 cm³/mol. The van der Waals surface area contributed by atoms with Gasteiger partial charge in [0.15, 0.2) is 0 Å². The van der Waals surface area contributed by atoms with Crippen LogP contribution in [0.25, 0.3) is 0 Å². The predicted octanol–water partition coefficient (Wildman–Crippen LogP) is 5.16. The largest absolute Gasteiger partial charge is 0.378 e. The van der Waals surface area contributed by atoms with E-state index in [2.05, 4.69) is 84.9 Å². The van der Waals surface area contributed by atoms with Crippen LogP contribution in [0.2, 0.25) is 0 Å². The summed E-state index contributed by atoms with van der Waals surface area (Å²) in [4.78, 5) is 6.83. The topological polar surface area (TPSA) is 15.6 Å². The Balaban J connectivity index is 1.97. The third-order valence-electron chi connectivity index (χ3n) is 3.43. The number of benzene rings is 2. The number of halogens is 1. The number of anilines is 1. The standard InChI is InChI=1S/C18H21IN2/c1-14-6-4-5-7-17(14)20-18(19)13-10-15-8-11-16(12-9-15)21(2)3/h4-9,11-12H,10,13H2,1-3H3/b20-18-. The Morgan fingerprint density at radius 1 is 1.05 bits per heavy atom. The third kappa shape index (κ3) is 4.84. The molecule has 0 N–H and O–H groups in total. The van der Waals surface area contributed by atoms with E-state index >= 15 is 0 Å². The molecular formula is C18H21IN2. The molecule has 2 aromatic rings. The molecule has 0 saturated carbocycles. The maximum atomic E-state index is 4.71. The van der Waals surface area contributed by atoms with Gasteiger partial charge in [-0.05, 0) is 71.7 Å². The minimum atomic E-state index is 0.982. The van der Waals surface area contributed by atoms with E-state index in [1.165, 1.54) is 16.8 Å². The number of aliphatic imine (C=N–C) groups is 1. The van der Waals surface area contributed by atoms with Crippen molar-refractivity contribution in [1.29, 1.82) is 0 Å². The smallest absolute Gasteiger partial charge is 0.0794 e. The Morgan fingerprint density at radius 3 is 2.33 bits per heavy atom. The lowest BCUT2D eigenvalue weighted by Gasteiger charge is -2.12. The lowest BCUT2D eigenvalue weighted by Crippen LogP contribution is -2.08. The highest BCUT2D eigenvalue weighted by molar-refractivity contribution is 14.1. The van der Waals surface area contributed by atoms with Crippen LogP contribution in [0.15, 0.2) is 53.5 Å². The van der Waals surface area contributed by atoms with E-state index in [0.717, 1.165) is 22.2 Å². The number of nitrogens with zero attached hydrogens (tertiary/aromatic N) is 2. The third-order valence-corrected chi connectivity index (χ3v) is 4.21. The first-order valence-electron chi connectivity index (χ1n) is 7.11. The molecule has 3 heteroatoms. The van der Waals surface area contributed by atoms with Crippen LogP contribution >= 0.6 is 22.6 Å². The molecule has 21 heavy (non-hydrogen) atoms. The summed E-state index contributed by atoms with van der Waals surface area (Å²) >= 11 is 2.35. The van der Waals surface area contributed by atoms with Crippen LogP contribution in [0.3, 0.4) is 0 Å². The van der Waals surface area contributed by atoms with Crippen LogP contribution < -0.4 is 4.90 Å². The first-order valence-corrected chi connectivity index (χ1v) is 8.19. The molecule has 2 aromatic carbocycles. The molecule has 0 radical (unpaired) electrons. The number of aryl methyl sites for hydroxylation is 2. The maximum Gasteiger partial charge on any atom is 0.0794 e. The zero-order chi connectivity index (χ0) is 15.2. The van der Waals surface area contributed by atoms with Gasteiger partial charge in [0.05, 0.1) is 9.41 Å². The van der Waals surface area contributed by atoms with Crippen molar-refractivity contribution in [3.63, 3.8) is 0 Å². The van der Waals surface area contributed by atoms with Crippen molar-refractivity contribution in [3.05, 3.63) is 59.7 Å². The van der Waals surface area contributed by atoms with E-state index < -0.39 is 0 Å². The molecule has 0 bridgehead atoms. The normalized spacial score (nSPS) is 11.5. The van der Waals surface area contributed by atoms with Crippen molar-refractivity contribution >= 4 is 37.7 Å². The SMILES string of the molecule is Cc1ccccc1/N=C(\I)CCc1ccc(N(C)C)cc1. The Morgan fingerprint density at radius 2 is 1.71 bits per heavy atom. The van der Waals surface area contributed by atoms with Gasteiger partial charge in [0.25, 0.3) is 0 Å². The van der Waals surface area contributed by atoms with Crippen molar-refractivity contribution in [2.24, 2.45) is 4.99 Å². The molecule has 0 spiro atoms. The summed E-state index contributed by atoms with van der Waals surface area (Å²) in [7, 11) is 4.12. The molecule has 0 saturated heterocycles. The number of para-hydroxylation sites is 1. The van der Waals surface area contributed by atoms with E-state index in [1.807, 2.05) is 12.1 Å². The lowest BCUT2D eigenvalue weighted by molar-refractivity contribution is 1.05. The summed E-state index contributed by atoms with van der Waals surface area (Å²) < 4.78 is 1.15. The first-order chi connectivity index (χ1) is 10.1. The van der Waals surface area contributed by atoms with Gasteiger partial charge in [0.1, 0.15) is 0 Å². The van der Waals surface area contributed by atoms with Crippen LogP contribution in [0.5, 0.6) is 0 Å². The molecule has 0 unspecified atom stereocenters. The van der Waals surface area contributed by atoms with Gasteiger partial charge in [-0.15, -0.1) is 0 Å². The highest BCUT2D eigenvalue weighted by atomic mass is 127. The van der Waals surface area contributed by atoms with Gasteiger partial charge in [-0.2, -0.15) is 0 Å². The van der Waals surface area contributed by atoms with E-state index in [0.29, 0.717) is 0 Å². The minimum absolute atomic E-state index is 0.982. The Hall–Kier alpha value is -1.36. The Labute approximate surface area is 141 Å². The molecular weight excluding hydrogens is 371 g/mol. The van der Waals surface area contributed by atoms with E-state index in [4.69, 9.17) is 4.99 Å². The van der Waals surface area contributed by atoms with Crippen LogP contribution in [0.4, 0.5) is 11.4 Å². The first kappa shape index (κ1) is 16.0. The van der Waals surface area contributed by atoms with Crippen LogP contribution in [0, 0.1) is 6.92 Å². The second-order valence-electron chi connectivity index (χ2n) is 5.34. The van der Waals surface area contributed by atoms with Gasteiger partial charge in [0.2, 0.25) is 0 Å². The van der Waals surface area contributed by atoms with Crippen LogP contribution in [-0.4, -0.2) is 17.8 Å². The van der Waals surface area contributed by atoms with Crippen molar-refractivity contribution in [3.8, 4) is 0 Å². The summed E-state index contributed by atoms with van der Waals surface area (Å²) in [6.07, 6.45) is 2.01. The summed E-state index contributed by atoms with van der Waals surface area (Å²) in [5.41, 5.74) is 4.89. The Kier molecular flexibility index (Phi) is 5.79. The number of hydrogen-bond acceptors (Lipinski definition) is 2. The zero-order valence-corrected chi connectivity index (χ0v) is 15.0. The summed E-state index contributed by atoms with van der Waals surface area (Å²) in [6, 6.07) is 17.0. The second kappa shape index (κ2) is 7.59. The quantitative estimate of drug-likeness (QED) is 0.507. The molecule has 2 rings (SSSR count). The fourth-order valence-electron chi connectivity index (χ4n) is 2.08. The summed E-state index contributed by atoms with van der Waals surface area (Å²) in [6.45, 7) is 2.10. The number of rotatable bonds is 5. The van der Waals surface area contributed by atoms with Gasteiger partial charge in [-0.25, -0.2) is 4.99 Å². The summed E-state index contributed by atoms with van der Waals surface area (Å²) in [5.74, 6) is 0. The van der Waals surface area contributed by atoms with Crippen LogP contribution in [0.1, 0.15) is 17.5 Å². The minimum Gasteiger partial charge on any atom is -0.378 e. The fourth-order valence-corrected chi connectivity index (χ4v) is 2.61. The van der Waals surface area contributed by atoms with Gasteiger partial charge < -0.3 is 4.90 Å². The molecule has 0 amide bonds. The fraction of sp³-hybridized carbons (Fsp3) is 0.278. The molecule has 0 aliphatic rings. The molecule has 110 valence electrons. The van der Waals surface area contributed by atoms with Gasteiger partial charge in [-0.3, -0.25) is 0 Å². The molecule has 0 heterocycles. The molecule has 0 atom stereocenters. The van der Waals surface area contributed by atoms with Crippen molar-refractivity contribution < 1.29 is 0 Å². The van der Waals surface area contributed by atoms with E-state index in [-0.39, 0.29) is 0 Å². The average molecular weight is 392 g/mol. The molecule has 0 aliphatic carbocycles. The molecule has 0 fully saturated rings. The van der Waals surface area contributed by atoms with E-state index in [9.17, 15) is 0 Å². The second-order valence-corrected chi connectivity index (χ2v) is 6.58. The van der Waals surface area contributed by atoms with Gasteiger partial charge >= 0.3 is 0 Å². The van der Waals surface area contributed by atoms with Crippen LogP contribution in [-0.2, 0) is 6.42 Å². The summed E-state index contributed by atoms with van der Waals surface area (Å²) in [5, 5.41) is 0. The molecule has 0 aromatic heterocycles. The van der Waals surface area contributed by atoms with Gasteiger partial charge in [-0.1, -0.05) is 30.3 Å². The van der Waals surface area contributed by atoms with Crippen molar-refractivity contribution in [1.82, 2.24) is 0 Å². The van der Waals surface area contributed by atoms with Crippen molar-refractivity contribution in [2.45, 2.75) is 19.8 Å². The zero-order valence-electron chi connectivity index (χ0n) is 12.8. The maximum absolute atomic E-state index is 4.71. The van der Waals surface area contributed by atoms with Crippen molar-refractivity contribution in [2.75, 3.05) is 19.0 Å². The average Bonchev–Trinajstić information content (AvgIpc) is 2.48. The Bertz CT molecular complexity index is 615. The molecule has 2 nitrogen and oxygen atoms in total. The molecule has 0 aliphatic heterocycles. The lowest BCUT2D eigenvalue weighted by atomic mass is 10.1. The highest BCUT2D eigenvalue weighted by Gasteiger charge is 2.01.